The fraction of sp³-hybridized carbons (Fsp3) is 0.250. The van der Waals surface area contributed by atoms with Crippen molar-refractivity contribution < 1.29 is 4.74 Å². The summed E-state index contributed by atoms with van der Waals surface area (Å²) in [5.41, 5.74) is 3.55. The quantitative estimate of drug-likeness (QED) is 0.556. The Kier molecular flexibility index (Phi) is 3.53. The summed E-state index contributed by atoms with van der Waals surface area (Å²) in [6.07, 6.45) is 2.95. The van der Waals surface area contributed by atoms with Gasteiger partial charge in [0.05, 0.1) is 12.6 Å². The van der Waals surface area contributed by atoms with E-state index in [1.54, 1.807) is 7.11 Å². The predicted octanol–water partition coefficient (Wildman–Crippen LogP) is 5.01. The van der Waals surface area contributed by atoms with Crippen LogP contribution >= 0.6 is 0 Å². The highest BCUT2D eigenvalue weighted by Crippen LogP contribution is 2.36. The molecule has 4 rings (SSSR count). The lowest BCUT2D eigenvalue weighted by Gasteiger charge is -2.10. The SMILES string of the molecule is CCCNc1nccc2c(C)c3[nH]c4ccc(OC)cc4c3cc12. The lowest BCUT2D eigenvalue weighted by atomic mass is 10.0. The van der Waals surface area contributed by atoms with E-state index in [4.69, 9.17) is 4.74 Å². The van der Waals surface area contributed by atoms with Gasteiger partial charge in [0.15, 0.2) is 0 Å². The standard InChI is InChI=1S/C20H21N3O/c1-4-8-21-20-17-11-16-15-10-13(24-3)5-6-18(15)23-19(16)12(2)14(17)7-9-22-20/h5-7,9-11,23H,4,8H2,1-3H3,(H,21,22). The van der Waals surface area contributed by atoms with Crippen LogP contribution in [-0.4, -0.2) is 23.6 Å². The van der Waals surface area contributed by atoms with Crippen LogP contribution < -0.4 is 10.1 Å². The van der Waals surface area contributed by atoms with Crippen LogP contribution in [0.15, 0.2) is 36.5 Å². The highest BCUT2D eigenvalue weighted by Gasteiger charge is 2.13. The predicted molar refractivity (Wildman–Crippen MR) is 101 cm³/mol. The molecule has 122 valence electrons. The average molecular weight is 319 g/mol. The normalized spacial score (nSPS) is 11.5. The van der Waals surface area contributed by atoms with E-state index >= 15 is 0 Å². The number of aromatic nitrogens is 2. The van der Waals surface area contributed by atoms with Crippen LogP contribution in [0, 0.1) is 6.92 Å². The number of aromatic amines is 1. The van der Waals surface area contributed by atoms with Crippen LogP contribution in [0.2, 0.25) is 0 Å². The lowest BCUT2D eigenvalue weighted by Crippen LogP contribution is -2.02. The minimum Gasteiger partial charge on any atom is -0.497 e. The van der Waals surface area contributed by atoms with Crippen molar-refractivity contribution in [1.82, 2.24) is 9.97 Å². The van der Waals surface area contributed by atoms with E-state index in [1.807, 2.05) is 12.3 Å². The molecule has 0 unspecified atom stereocenters. The van der Waals surface area contributed by atoms with Crippen molar-refractivity contribution in [2.75, 3.05) is 19.0 Å². The monoisotopic (exact) mass is 319 g/mol. The molecule has 2 N–H and O–H groups in total. The Morgan fingerprint density at radius 1 is 1.08 bits per heavy atom. The van der Waals surface area contributed by atoms with Crippen LogP contribution in [0.5, 0.6) is 5.75 Å². The number of pyridine rings is 1. The van der Waals surface area contributed by atoms with E-state index < -0.39 is 0 Å². The zero-order valence-electron chi connectivity index (χ0n) is 14.2. The van der Waals surface area contributed by atoms with Crippen molar-refractivity contribution in [3.8, 4) is 5.75 Å². The van der Waals surface area contributed by atoms with Gasteiger partial charge in [0.1, 0.15) is 11.6 Å². The Balaban J connectivity index is 2.07. The molecule has 0 aliphatic heterocycles. The molecule has 4 heteroatoms. The summed E-state index contributed by atoms with van der Waals surface area (Å²) < 4.78 is 5.40. The highest BCUT2D eigenvalue weighted by molar-refractivity contribution is 6.15. The fourth-order valence-electron chi connectivity index (χ4n) is 3.37. The van der Waals surface area contributed by atoms with E-state index in [-0.39, 0.29) is 0 Å². The van der Waals surface area contributed by atoms with Gasteiger partial charge in [-0.25, -0.2) is 4.98 Å². The van der Waals surface area contributed by atoms with E-state index in [1.165, 1.54) is 32.6 Å². The van der Waals surface area contributed by atoms with Crippen LogP contribution in [0.4, 0.5) is 5.82 Å². The second-order valence-corrected chi connectivity index (χ2v) is 6.14. The van der Waals surface area contributed by atoms with Crippen molar-refractivity contribution in [3.05, 3.63) is 42.1 Å². The number of H-pyrrole nitrogens is 1. The van der Waals surface area contributed by atoms with Gasteiger partial charge in [0.25, 0.3) is 0 Å². The number of nitrogens with one attached hydrogen (secondary N) is 2. The van der Waals surface area contributed by atoms with Gasteiger partial charge in [-0.3, -0.25) is 0 Å². The largest absolute Gasteiger partial charge is 0.497 e. The van der Waals surface area contributed by atoms with Crippen LogP contribution in [0.1, 0.15) is 18.9 Å². The second-order valence-electron chi connectivity index (χ2n) is 6.14. The van der Waals surface area contributed by atoms with Gasteiger partial charge >= 0.3 is 0 Å². The number of ether oxygens (including phenoxy) is 1. The number of hydrogen-bond acceptors (Lipinski definition) is 3. The Hall–Kier alpha value is -2.75. The van der Waals surface area contributed by atoms with E-state index in [2.05, 4.69) is 53.4 Å². The number of benzene rings is 2. The van der Waals surface area contributed by atoms with Gasteiger partial charge in [-0.15, -0.1) is 0 Å². The number of methoxy groups -OCH3 is 1. The number of rotatable bonds is 4. The summed E-state index contributed by atoms with van der Waals surface area (Å²) in [6, 6.07) is 10.5. The molecule has 2 aromatic carbocycles. The molecule has 4 nitrogen and oxygen atoms in total. The maximum atomic E-state index is 5.40. The first-order valence-electron chi connectivity index (χ1n) is 8.34. The Labute approximate surface area is 140 Å². The van der Waals surface area contributed by atoms with Crippen molar-refractivity contribution in [1.29, 1.82) is 0 Å². The topological polar surface area (TPSA) is 49.9 Å². The zero-order valence-corrected chi connectivity index (χ0v) is 14.2. The van der Waals surface area contributed by atoms with E-state index in [0.717, 1.165) is 30.0 Å². The Morgan fingerprint density at radius 2 is 1.96 bits per heavy atom. The number of aryl methyl sites for hydroxylation is 1. The maximum Gasteiger partial charge on any atom is 0.133 e. The first kappa shape index (κ1) is 14.8. The first-order chi connectivity index (χ1) is 11.7. The summed E-state index contributed by atoms with van der Waals surface area (Å²) in [7, 11) is 1.70. The van der Waals surface area contributed by atoms with Crippen molar-refractivity contribution >= 4 is 38.4 Å². The summed E-state index contributed by atoms with van der Waals surface area (Å²) in [5.74, 6) is 1.83. The van der Waals surface area contributed by atoms with Gasteiger partial charge in [0, 0.05) is 34.4 Å². The van der Waals surface area contributed by atoms with Crippen molar-refractivity contribution in [2.24, 2.45) is 0 Å². The molecule has 0 fully saturated rings. The number of anilines is 1. The van der Waals surface area contributed by atoms with Gasteiger partial charge < -0.3 is 15.0 Å². The maximum absolute atomic E-state index is 5.40. The molecular formula is C20H21N3O. The van der Waals surface area contributed by atoms with Gasteiger partial charge in [-0.2, -0.15) is 0 Å². The Morgan fingerprint density at radius 3 is 2.75 bits per heavy atom. The van der Waals surface area contributed by atoms with Crippen LogP contribution in [0.25, 0.3) is 32.6 Å². The highest BCUT2D eigenvalue weighted by atomic mass is 16.5. The third-order valence-electron chi connectivity index (χ3n) is 4.65. The molecule has 0 radical (unpaired) electrons. The third-order valence-corrected chi connectivity index (χ3v) is 4.65. The van der Waals surface area contributed by atoms with Gasteiger partial charge in [-0.1, -0.05) is 6.92 Å². The summed E-state index contributed by atoms with van der Waals surface area (Å²) in [6.45, 7) is 5.25. The van der Waals surface area contributed by atoms with Gasteiger partial charge in [0.2, 0.25) is 0 Å². The lowest BCUT2D eigenvalue weighted by molar-refractivity contribution is 0.415. The Bertz CT molecular complexity index is 1050. The van der Waals surface area contributed by atoms with Crippen LogP contribution in [0.3, 0.4) is 0 Å². The average Bonchev–Trinajstić information content (AvgIpc) is 2.98. The van der Waals surface area contributed by atoms with Gasteiger partial charge in [-0.05, 0) is 54.6 Å². The minimum absolute atomic E-state index is 0.872. The molecular weight excluding hydrogens is 298 g/mol. The van der Waals surface area contributed by atoms with Crippen LogP contribution in [-0.2, 0) is 0 Å². The fourth-order valence-corrected chi connectivity index (χ4v) is 3.37. The molecule has 2 heterocycles. The summed E-state index contributed by atoms with van der Waals surface area (Å²) >= 11 is 0. The molecule has 0 atom stereocenters. The van der Waals surface area contributed by atoms with Crippen molar-refractivity contribution in [3.63, 3.8) is 0 Å². The number of hydrogen-bond donors (Lipinski definition) is 2. The molecule has 0 bridgehead atoms. The molecule has 0 aliphatic rings. The zero-order chi connectivity index (χ0) is 16.7. The first-order valence-corrected chi connectivity index (χ1v) is 8.34. The molecule has 0 saturated heterocycles. The molecule has 0 amide bonds. The number of nitrogens with zero attached hydrogens (tertiary/aromatic N) is 1. The summed E-state index contributed by atoms with van der Waals surface area (Å²) in [4.78, 5) is 8.10. The third kappa shape index (κ3) is 2.18. The smallest absolute Gasteiger partial charge is 0.133 e. The molecule has 0 spiro atoms. The molecule has 4 aromatic rings. The van der Waals surface area contributed by atoms with E-state index in [9.17, 15) is 0 Å². The molecule has 0 saturated carbocycles. The van der Waals surface area contributed by atoms with Crippen molar-refractivity contribution in [2.45, 2.75) is 20.3 Å². The second kappa shape index (κ2) is 5.71. The molecule has 2 aromatic heterocycles. The minimum atomic E-state index is 0.872. The molecule has 24 heavy (non-hydrogen) atoms. The number of fused-ring (bicyclic) bond motifs is 4. The molecule has 0 aliphatic carbocycles. The van der Waals surface area contributed by atoms with E-state index in [0.29, 0.717) is 0 Å². The summed E-state index contributed by atoms with van der Waals surface area (Å²) in [5, 5.41) is 8.23.